The van der Waals surface area contributed by atoms with Crippen molar-refractivity contribution in [3.8, 4) is 44.5 Å². The molecule has 0 aromatic heterocycles. The summed E-state index contributed by atoms with van der Waals surface area (Å²) in [5.74, 6) is 0. The summed E-state index contributed by atoms with van der Waals surface area (Å²) < 4.78 is 0. The Morgan fingerprint density at radius 2 is 0.600 bits per heavy atom. The summed E-state index contributed by atoms with van der Waals surface area (Å²) in [5.41, 5.74) is 9.99. The van der Waals surface area contributed by atoms with Crippen LogP contribution in [0.4, 0.5) is 0 Å². The number of benzene rings is 10. The monoisotopic (exact) mass is 632 g/mol. The molecule has 0 radical (unpaired) electrons. The standard InChI is InChI=1S/C50H32/c1-2-12-38-30-39(27-20-33(38)10-1)40-28-21-34-22-29-41(32-42(34)31-40)50-47-17-7-5-15-45(47)49(46-16-6-8-18-48(46)50)37-25-23-36(24-26-37)44-19-9-13-35-11-3-4-14-43(35)44/h1-32H. The van der Waals surface area contributed by atoms with Crippen LogP contribution in [0.25, 0.3) is 98.4 Å². The lowest BCUT2D eigenvalue weighted by Crippen LogP contribution is -1.91. The van der Waals surface area contributed by atoms with Gasteiger partial charge in [-0.05, 0) is 117 Å². The maximum Gasteiger partial charge on any atom is -0.00262 e. The lowest BCUT2D eigenvalue weighted by molar-refractivity contribution is 1.63. The van der Waals surface area contributed by atoms with Crippen molar-refractivity contribution in [3.05, 3.63) is 194 Å². The van der Waals surface area contributed by atoms with Gasteiger partial charge in [-0.25, -0.2) is 0 Å². The van der Waals surface area contributed by atoms with Gasteiger partial charge in [0.05, 0.1) is 0 Å². The van der Waals surface area contributed by atoms with E-state index in [9.17, 15) is 0 Å². The Morgan fingerprint density at radius 1 is 0.200 bits per heavy atom. The average molecular weight is 633 g/mol. The van der Waals surface area contributed by atoms with Crippen LogP contribution < -0.4 is 0 Å². The molecule has 0 aliphatic carbocycles. The van der Waals surface area contributed by atoms with Crippen LogP contribution in [0.2, 0.25) is 0 Å². The van der Waals surface area contributed by atoms with Crippen LogP contribution in [0.5, 0.6) is 0 Å². The lowest BCUT2D eigenvalue weighted by Gasteiger charge is -2.18. The van der Waals surface area contributed by atoms with Gasteiger partial charge in [0, 0.05) is 0 Å². The number of fused-ring (bicyclic) bond motifs is 5. The summed E-state index contributed by atoms with van der Waals surface area (Å²) in [6, 6.07) is 71.4. The maximum absolute atomic E-state index is 2.38. The summed E-state index contributed by atoms with van der Waals surface area (Å²) in [6.45, 7) is 0. The molecule has 10 aromatic carbocycles. The first kappa shape index (κ1) is 28.5. The first-order valence-electron chi connectivity index (χ1n) is 17.3. The van der Waals surface area contributed by atoms with Crippen molar-refractivity contribution in [1.82, 2.24) is 0 Å². The van der Waals surface area contributed by atoms with Gasteiger partial charge in [0.15, 0.2) is 0 Å². The number of hydrogen-bond acceptors (Lipinski definition) is 0. The van der Waals surface area contributed by atoms with Crippen LogP contribution in [0.15, 0.2) is 194 Å². The molecule has 0 nitrogen and oxygen atoms in total. The third-order valence-corrected chi connectivity index (χ3v) is 10.4. The van der Waals surface area contributed by atoms with E-state index < -0.39 is 0 Å². The minimum Gasteiger partial charge on any atom is -0.0616 e. The molecular formula is C50H32. The van der Waals surface area contributed by atoms with Crippen molar-refractivity contribution < 1.29 is 0 Å². The first-order chi connectivity index (χ1) is 24.8. The van der Waals surface area contributed by atoms with Gasteiger partial charge in [0.2, 0.25) is 0 Å². The number of hydrogen-bond donors (Lipinski definition) is 0. The zero-order valence-corrected chi connectivity index (χ0v) is 27.5. The van der Waals surface area contributed by atoms with Gasteiger partial charge < -0.3 is 0 Å². The summed E-state index contributed by atoms with van der Waals surface area (Å²) in [6.07, 6.45) is 0. The van der Waals surface area contributed by atoms with Crippen molar-refractivity contribution in [2.24, 2.45) is 0 Å². The molecule has 0 atom stereocenters. The van der Waals surface area contributed by atoms with Crippen LogP contribution in [0, 0.1) is 0 Å². The third-order valence-electron chi connectivity index (χ3n) is 10.4. The predicted molar refractivity (Wildman–Crippen MR) is 216 cm³/mol. The van der Waals surface area contributed by atoms with Gasteiger partial charge in [-0.15, -0.1) is 0 Å². The van der Waals surface area contributed by atoms with E-state index in [0.29, 0.717) is 0 Å². The summed E-state index contributed by atoms with van der Waals surface area (Å²) in [7, 11) is 0. The SMILES string of the molecule is c1ccc2cc(-c3ccc4ccc(-c5c6ccccc6c(-c6ccc(-c7cccc8ccccc78)cc6)c6ccccc56)cc4c3)ccc2c1. The fourth-order valence-electron chi connectivity index (χ4n) is 7.99. The van der Waals surface area contributed by atoms with E-state index in [2.05, 4.69) is 194 Å². The summed E-state index contributed by atoms with van der Waals surface area (Å²) >= 11 is 0. The molecule has 10 aromatic rings. The topological polar surface area (TPSA) is 0 Å². The molecule has 0 spiro atoms. The molecule has 0 N–H and O–H groups in total. The van der Waals surface area contributed by atoms with Gasteiger partial charge in [-0.1, -0.05) is 176 Å². The second-order valence-electron chi connectivity index (χ2n) is 13.3. The summed E-state index contributed by atoms with van der Waals surface area (Å²) in [4.78, 5) is 0. The van der Waals surface area contributed by atoms with E-state index in [1.165, 1.54) is 98.4 Å². The Kier molecular flexibility index (Phi) is 6.60. The lowest BCUT2D eigenvalue weighted by atomic mass is 9.85. The van der Waals surface area contributed by atoms with Crippen molar-refractivity contribution in [3.63, 3.8) is 0 Å². The Labute approximate surface area is 291 Å². The molecule has 0 bridgehead atoms. The van der Waals surface area contributed by atoms with Crippen molar-refractivity contribution in [2.75, 3.05) is 0 Å². The van der Waals surface area contributed by atoms with Crippen molar-refractivity contribution in [2.45, 2.75) is 0 Å². The highest BCUT2D eigenvalue weighted by atomic mass is 14.2. The summed E-state index contributed by atoms with van der Waals surface area (Å²) in [5, 5.41) is 12.6. The van der Waals surface area contributed by atoms with Crippen LogP contribution in [-0.4, -0.2) is 0 Å². The minimum absolute atomic E-state index is 1.23. The fourth-order valence-corrected chi connectivity index (χ4v) is 7.99. The van der Waals surface area contributed by atoms with Gasteiger partial charge in [0.25, 0.3) is 0 Å². The van der Waals surface area contributed by atoms with Crippen LogP contribution in [-0.2, 0) is 0 Å². The molecule has 0 fully saturated rings. The van der Waals surface area contributed by atoms with E-state index in [0.717, 1.165) is 0 Å². The highest BCUT2D eigenvalue weighted by molar-refractivity contribution is 6.21. The van der Waals surface area contributed by atoms with Gasteiger partial charge in [-0.2, -0.15) is 0 Å². The van der Waals surface area contributed by atoms with Crippen LogP contribution >= 0.6 is 0 Å². The molecular weight excluding hydrogens is 601 g/mol. The van der Waals surface area contributed by atoms with E-state index in [4.69, 9.17) is 0 Å². The molecule has 232 valence electrons. The van der Waals surface area contributed by atoms with Crippen LogP contribution in [0.1, 0.15) is 0 Å². The Balaban J connectivity index is 1.13. The Bertz CT molecular complexity index is 2850. The van der Waals surface area contributed by atoms with Gasteiger partial charge in [0.1, 0.15) is 0 Å². The highest BCUT2D eigenvalue weighted by Gasteiger charge is 2.17. The molecule has 0 aliphatic heterocycles. The molecule has 0 saturated carbocycles. The normalized spacial score (nSPS) is 11.6. The predicted octanol–water partition coefficient (Wildman–Crippen LogP) is 14.1. The van der Waals surface area contributed by atoms with E-state index in [1.54, 1.807) is 0 Å². The largest absolute Gasteiger partial charge is 0.0616 e. The molecule has 0 saturated heterocycles. The first-order valence-corrected chi connectivity index (χ1v) is 17.3. The van der Waals surface area contributed by atoms with E-state index >= 15 is 0 Å². The van der Waals surface area contributed by atoms with Gasteiger partial charge in [-0.3, -0.25) is 0 Å². The molecule has 0 unspecified atom stereocenters. The molecule has 0 amide bonds. The molecule has 0 aliphatic rings. The minimum atomic E-state index is 1.23. The highest BCUT2D eigenvalue weighted by Crippen LogP contribution is 2.44. The number of rotatable bonds is 4. The Hall–Kier alpha value is -6.50. The fraction of sp³-hybridized carbons (Fsp3) is 0. The van der Waals surface area contributed by atoms with Crippen LogP contribution in [0.3, 0.4) is 0 Å². The molecule has 10 rings (SSSR count). The van der Waals surface area contributed by atoms with Gasteiger partial charge >= 0.3 is 0 Å². The van der Waals surface area contributed by atoms with Crippen molar-refractivity contribution >= 4 is 53.9 Å². The van der Waals surface area contributed by atoms with E-state index in [1.807, 2.05) is 0 Å². The zero-order chi connectivity index (χ0) is 33.0. The zero-order valence-electron chi connectivity index (χ0n) is 27.5. The molecule has 0 heteroatoms. The smallest absolute Gasteiger partial charge is 0.00262 e. The average Bonchev–Trinajstić information content (AvgIpc) is 3.19. The quantitative estimate of drug-likeness (QED) is 0.169. The Morgan fingerprint density at radius 3 is 1.24 bits per heavy atom. The second-order valence-corrected chi connectivity index (χ2v) is 13.3. The third kappa shape index (κ3) is 4.69. The van der Waals surface area contributed by atoms with Crippen molar-refractivity contribution in [1.29, 1.82) is 0 Å². The second kappa shape index (κ2) is 11.6. The maximum atomic E-state index is 2.38. The molecule has 0 heterocycles. The van der Waals surface area contributed by atoms with E-state index in [-0.39, 0.29) is 0 Å². The molecule has 50 heavy (non-hydrogen) atoms.